The first-order valence-corrected chi connectivity index (χ1v) is 6.03. The zero-order valence-electron chi connectivity index (χ0n) is 10.9. The molecule has 0 fully saturated rings. The lowest BCUT2D eigenvalue weighted by Gasteiger charge is -2.08. The number of ketones is 1. The Kier molecular flexibility index (Phi) is 3.71. The first-order chi connectivity index (χ1) is 9.06. The zero-order chi connectivity index (χ0) is 14.0. The van der Waals surface area contributed by atoms with Gasteiger partial charge in [-0.2, -0.15) is 0 Å². The number of H-pyrrole nitrogens is 2. The van der Waals surface area contributed by atoms with Gasteiger partial charge >= 0.3 is 0 Å². The van der Waals surface area contributed by atoms with Gasteiger partial charge in [-0.3, -0.25) is 4.79 Å². The third-order valence-electron chi connectivity index (χ3n) is 2.79. The van der Waals surface area contributed by atoms with Crippen molar-refractivity contribution >= 4 is 18.0 Å². The molecule has 0 atom stereocenters. The molecule has 0 saturated heterocycles. The normalized spacial score (nSPS) is 10.3. The second kappa shape index (κ2) is 5.27. The number of nitrogens with one attached hydrogen (secondary N) is 2. The maximum Gasteiger partial charge on any atom is 0.211 e. The lowest BCUT2D eigenvalue weighted by Crippen LogP contribution is -2.04. The van der Waals surface area contributed by atoms with Gasteiger partial charge in [0.25, 0.3) is 0 Å². The van der Waals surface area contributed by atoms with Crippen LogP contribution >= 0.6 is 12.2 Å². The number of aromatic amines is 2. The van der Waals surface area contributed by atoms with Gasteiger partial charge in [0.05, 0.1) is 14.2 Å². The van der Waals surface area contributed by atoms with E-state index >= 15 is 0 Å². The van der Waals surface area contributed by atoms with Gasteiger partial charge in [-0.1, -0.05) is 0 Å². The number of carbonyl (C=O) groups is 1. The van der Waals surface area contributed by atoms with Crippen molar-refractivity contribution < 1.29 is 14.3 Å². The molecule has 1 aromatic heterocycles. The van der Waals surface area contributed by atoms with E-state index in [1.54, 1.807) is 32.2 Å². The van der Waals surface area contributed by atoms with Gasteiger partial charge in [-0.15, -0.1) is 0 Å². The summed E-state index contributed by atoms with van der Waals surface area (Å²) >= 11 is 4.97. The molecule has 5 nitrogen and oxygen atoms in total. The number of aryl methyl sites for hydroxylation is 1. The highest BCUT2D eigenvalue weighted by atomic mass is 32.1. The predicted molar refractivity (Wildman–Crippen MR) is 73.7 cm³/mol. The number of hydrogen-bond acceptors (Lipinski definition) is 4. The number of rotatable bonds is 4. The van der Waals surface area contributed by atoms with Crippen LogP contribution in [-0.2, 0) is 0 Å². The van der Waals surface area contributed by atoms with Crippen LogP contribution < -0.4 is 9.47 Å². The molecule has 0 bridgehead atoms. The fourth-order valence-electron chi connectivity index (χ4n) is 1.82. The number of methoxy groups -OCH3 is 2. The summed E-state index contributed by atoms with van der Waals surface area (Å²) in [6.45, 7) is 1.79. The van der Waals surface area contributed by atoms with Crippen LogP contribution in [0.5, 0.6) is 11.5 Å². The van der Waals surface area contributed by atoms with Crippen LogP contribution in [0.2, 0.25) is 0 Å². The molecule has 0 aliphatic carbocycles. The average Bonchev–Trinajstić information content (AvgIpc) is 2.76. The van der Waals surface area contributed by atoms with Gasteiger partial charge in [-0.05, 0) is 37.3 Å². The van der Waals surface area contributed by atoms with Crippen molar-refractivity contribution in [2.75, 3.05) is 14.2 Å². The lowest BCUT2D eigenvalue weighted by atomic mass is 10.1. The van der Waals surface area contributed by atoms with Crippen LogP contribution in [0.4, 0.5) is 0 Å². The molecule has 6 heteroatoms. The molecule has 0 aliphatic heterocycles. The third-order valence-corrected chi connectivity index (χ3v) is 2.99. The van der Waals surface area contributed by atoms with E-state index in [1.165, 1.54) is 7.11 Å². The van der Waals surface area contributed by atoms with Crippen LogP contribution in [0.3, 0.4) is 0 Å². The minimum atomic E-state index is -0.147. The number of hydrogen-bond donors (Lipinski definition) is 2. The monoisotopic (exact) mass is 278 g/mol. The topological polar surface area (TPSA) is 67.1 Å². The summed E-state index contributed by atoms with van der Waals surface area (Å²) in [6, 6.07) is 5.03. The minimum absolute atomic E-state index is 0.147. The molecule has 0 unspecified atom stereocenters. The van der Waals surface area contributed by atoms with E-state index in [0.717, 1.165) is 0 Å². The summed E-state index contributed by atoms with van der Waals surface area (Å²) in [4.78, 5) is 18.1. The zero-order valence-corrected chi connectivity index (χ0v) is 11.7. The standard InChI is InChI=1S/C13H14N2O3S/c1-7-11(15-13(19)14-7)12(16)8-4-5-9(17-2)10(6-8)18-3/h4-6H,1-3H3,(H2,14,15,19). The Bertz CT molecular complexity index is 673. The van der Waals surface area contributed by atoms with E-state index < -0.39 is 0 Å². The van der Waals surface area contributed by atoms with Gasteiger partial charge in [0.1, 0.15) is 5.69 Å². The highest BCUT2D eigenvalue weighted by Crippen LogP contribution is 2.28. The summed E-state index contributed by atoms with van der Waals surface area (Å²) < 4.78 is 10.8. The number of ether oxygens (including phenoxy) is 2. The Balaban J connectivity index is 2.45. The second-order valence-electron chi connectivity index (χ2n) is 3.98. The molecular weight excluding hydrogens is 264 g/mol. The summed E-state index contributed by atoms with van der Waals surface area (Å²) in [5.41, 5.74) is 1.67. The third kappa shape index (κ3) is 2.53. The molecule has 0 aliphatic rings. The molecule has 100 valence electrons. The number of benzene rings is 1. The van der Waals surface area contributed by atoms with Crippen LogP contribution in [0.1, 0.15) is 21.7 Å². The van der Waals surface area contributed by atoms with Crippen molar-refractivity contribution in [2.45, 2.75) is 6.92 Å². The summed E-state index contributed by atoms with van der Waals surface area (Å²) in [5, 5.41) is 0. The van der Waals surface area contributed by atoms with Gasteiger partial charge in [-0.25, -0.2) is 0 Å². The Morgan fingerprint density at radius 2 is 1.84 bits per heavy atom. The van der Waals surface area contributed by atoms with Crippen molar-refractivity contribution in [1.29, 1.82) is 0 Å². The van der Waals surface area contributed by atoms with Crippen molar-refractivity contribution in [1.82, 2.24) is 9.97 Å². The summed E-state index contributed by atoms with van der Waals surface area (Å²) in [7, 11) is 3.08. The van der Waals surface area contributed by atoms with Crippen molar-refractivity contribution in [3.8, 4) is 11.5 Å². The molecule has 2 rings (SSSR count). The summed E-state index contributed by atoms with van der Waals surface area (Å²) in [6.07, 6.45) is 0. The van der Waals surface area contributed by atoms with E-state index in [-0.39, 0.29) is 5.78 Å². The van der Waals surface area contributed by atoms with Crippen molar-refractivity contribution in [2.24, 2.45) is 0 Å². The number of carbonyl (C=O) groups excluding carboxylic acids is 1. The smallest absolute Gasteiger partial charge is 0.211 e. The minimum Gasteiger partial charge on any atom is -0.493 e. The highest BCUT2D eigenvalue weighted by Gasteiger charge is 2.16. The fourth-order valence-corrected chi connectivity index (χ4v) is 2.08. The summed E-state index contributed by atoms with van der Waals surface area (Å²) in [5.74, 6) is 0.948. The molecule has 1 heterocycles. The average molecular weight is 278 g/mol. The largest absolute Gasteiger partial charge is 0.493 e. The van der Waals surface area contributed by atoms with Crippen LogP contribution in [0.15, 0.2) is 18.2 Å². The Morgan fingerprint density at radius 3 is 2.37 bits per heavy atom. The first-order valence-electron chi connectivity index (χ1n) is 5.62. The molecule has 0 radical (unpaired) electrons. The van der Waals surface area contributed by atoms with E-state index in [4.69, 9.17) is 21.7 Å². The molecular formula is C13H14N2O3S. The van der Waals surface area contributed by atoms with Crippen LogP contribution in [-0.4, -0.2) is 30.0 Å². The maximum atomic E-state index is 12.4. The van der Waals surface area contributed by atoms with Crippen molar-refractivity contribution in [3.63, 3.8) is 0 Å². The number of imidazole rings is 1. The number of aromatic nitrogens is 2. The SMILES string of the molecule is COc1ccc(C(=O)c2[nH]c(=S)[nH]c2C)cc1OC. The molecule has 0 spiro atoms. The highest BCUT2D eigenvalue weighted by molar-refractivity contribution is 7.71. The van der Waals surface area contributed by atoms with E-state index in [9.17, 15) is 4.79 Å². The van der Waals surface area contributed by atoms with Gasteiger partial charge in [0, 0.05) is 11.3 Å². The van der Waals surface area contributed by atoms with E-state index in [0.29, 0.717) is 33.2 Å². The molecule has 1 aromatic carbocycles. The first kappa shape index (κ1) is 13.4. The van der Waals surface area contributed by atoms with Crippen LogP contribution in [0.25, 0.3) is 0 Å². The quantitative estimate of drug-likeness (QED) is 0.666. The molecule has 19 heavy (non-hydrogen) atoms. The Hall–Kier alpha value is -2.08. The van der Waals surface area contributed by atoms with Gasteiger partial charge in [0.2, 0.25) is 5.78 Å². The predicted octanol–water partition coefficient (Wildman–Crippen LogP) is 2.63. The van der Waals surface area contributed by atoms with Gasteiger partial charge < -0.3 is 19.4 Å². The Morgan fingerprint density at radius 1 is 1.16 bits per heavy atom. The fraction of sp³-hybridized carbons (Fsp3) is 0.231. The van der Waals surface area contributed by atoms with E-state index in [2.05, 4.69) is 9.97 Å². The molecule has 0 amide bonds. The van der Waals surface area contributed by atoms with Crippen LogP contribution in [0, 0.1) is 11.7 Å². The molecule has 0 saturated carbocycles. The van der Waals surface area contributed by atoms with Crippen molar-refractivity contribution in [3.05, 3.63) is 39.9 Å². The second-order valence-corrected chi connectivity index (χ2v) is 4.39. The maximum absolute atomic E-state index is 12.4. The van der Waals surface area contributed by atoms with Gasteiger partial charge in [0.15, 0.2) is 16.3 Å². The van der Waals surface area contributed by atoms with E-state index in [1.807, 2.05) is 0 Å². The Labute approximate surface area is 115 Å². The molecule has 2 aromatic rings. The molecule has 2 N–H and O–H groups in total. The lowest BCUT2D eigenvalue weighted by molar-refractivity contribution is 0.103.